The van der Waals surface area contributed by atoms with Crippen molar-refractivity contribution in [2.24, 2.45) is 0 Å². The fourth-order valence-corrected chi connectivity index (χ4v) is 0.888. The standard InChI is InChI=1S/C8H18O4/c1-5-7(9)12-6(2)8(10-3)11-4/h6-9H,5H2,1-4H3. The zero-order valence-electron chi connectivity index (χ0n) is 8.11. The van der Waals surface area contributed by atoms with Crippen molar-refractivity contribution in [1.82, 2.24) is 0 Å². The van der Waals surface area contributed by atoms with Crippen molar-refractivity contribution < 1.29 is 19.3 Å². The van der Waals surface area contributed by atoms with Gasteiger partial charge in [0.2, 0.25) is 0 Å². The Bertz CT molecular complexity index is 103. The molecule has 0 rings (SSSR count). The molecule has 0 aromatic heterocycles. The van der Waals surface area contributed by atoms with Crippen molar-refractivity contribution in [3.63, 3.8) is 0 Å². The van der Waals surface area contributed by atoms with E-state index in [1.165, 1.54) is 14.2 Å². The van der Waals surface area contributed by atoms with Crippen molar-refractivity contribution in [2.75, 3.05) is 14.2 Å². The first kappa shape index (κ1) is 11.8. The summed E-state index contributed by atoms with van der Waals surface area (Å²) in [5.74, 6) is 0. The van der Waals surface area contributed by atoms with Gasteiger partial charge in [-0.15, -0.1) is 0 Å². The average Bonchev–Trinajstić information content (AvgIpc) is 2.06. The van der Waals surface area contributed by atoms with E-state index in [0.29, 0.717) is 6.42 Å². The fourth-order valence-electron chi connectivity index (χ4n) is 0.888. The number of aliphatic hydroxyl groups is 1. The minimum atomic E-state index is -0.743. The molecule has 4 nitrogen and oxygen atoms in total. The molecule has 0 aliphatic carbocycles. The van der Waals surface area contributed by atoms with Gasteiger partial charge in [-0.2, -0.15) is 0 Å². The summed E-state index contributed by atoms with van der Waals surface area (Å²) in [6.07, 6.45) is -0.876. The minimum absolute atomic E-state index is 0.269. The van der Waals surface area contributed by atoms with Crippen LogP contribution in [0.2, 0.25) is 0 Å². The van der Waals surface area contributed by atoms with Crippen LogP contribution in [0.15, 0.2) is 0 Å². The molecular formula is C8H18O4. The van der Waals surface area contributed by atoms with E-state index in [9.17, 15) is 0 Å². The lowest BCUT2D eigenvalue weighted by Crippen LogP contribution is -2.33. The Morgan fingerprint density at radius 1 is 1.25 bits per heavy atom. The van der Waals surface area contributed by atoms with Crippen LogP contribution < -0.4 is 0 Å². The molecule has 0 fully saturated rings. The molecule has 0 radical (unpaired) electrons. The zero-order valence-corrected chi connectivity index (χ0v) is 8.11. The summed E-state index contributed by atoms with van der Waals surface area (Å²) in [5.41, 5.74) is 0. The molecule has 0 heterocycles. The molecular weight excluding hydrogens is 160 g/mol. The summed E-state index contributed by atoms with van der Waals surface area (Å²) < 4.78 is 15.0. The second-order valence-electron chi connectivity index (χ2n) is 2.54. The maximum atomic E-state index is 9.13. The van der Waals surface area contributed by atoms with E-state index in [0.717, 1.165) is 0 Å². The number of methoxy groups -OCH3 is 2. The molecule has 0 spiro atoms. The van der Waals surface area contributed by atoms with E-state index < -0.39 is 12.6 Å². The lowest BCUT2D eigenvalue weighted by Gasteiger charge is -2.23. The van der Waals surface area contributed by atoms with Gasteiger partial charge in [-0.1, -0.05) is 6.92 Å². The lowest BCUT2D eigenvalue weighted by molar-refractivity contribution is -0.224. The topological polar surface area (TPSA) is 47.9 Å². The third-order valence-corrected chi connectivity index (χ3v) is 1.57. The third kappa shape index (κ3) is 4.01. The monoisotopic (exact) mass is 178 g/mol. The van der Waals surface area contributed by atoms with E-state index in [1.807, 2.05) is 6.92 Å². The molecule has 2 unspecified atom stereocenters. The van der Waals surface area contributed by atoms with Crippen LogP contribution in [0.3, 0.4) is 0 Å². The minimum Gasteiger partial charge on any atom is -0.368 e. The third-order valence-electron chi connectivity index (χ3n) is 1.57. The number of aliphatic hydroxyl groups excluding tert-OH is 1. The highest BCUT2D eigenvalue weighted by atomic mass is 16.7. The van der Waals surface area contributed by atoms with Gasteiger partial charge >= 0.3 is 0 Å². The number of rotatable bonds is 6. The van der Waals surface area contributed by atoms with Gasteiger partial charge in [-0.3, -0.25) is 0 Å². The van der Waals surface area contributed by atoms with Gasteiger partial charge in [0.25, 0.3) is 0 Å². The molecule has 1 N–H and O–H groups in total. The van der Waals surface area contributed by atoms with E-state index in [4.69, 9.17) is 19.3 Å². The Balaban J connectivity index is 3.75. The molecule has 0 aromatic carbocycles. The van der Waals surface area contributed by atoms with Crippen molar-refractivity contribution in [3.05, 3.63) is 0 Å². The maximum absolute atomic E-state index is 9.13. The highest BCUT2D eigenvalue weighted by molar-refractivity contribution is 4.55. The Hall–Kier alpha value is -0.160. The van der Waals surface area contributed by atoms with E-state index in [2.05, 4.69) is 0 Å². The van der Waals surface area contributed by atoms with Gasteiger partial charge in [0.05, 0.1) is 0 Å². The molecule has 4 heteroatoms. The van der Waals surface area contributed by atoms with Gasteiger partial charge in [0, 0.05) is 14.2 Å². The largest absolute Gasteiger partial charge is 0.368 e. The summed E-state index contributed by atoms with van der Waals surface area (Å²) in [7, 11) is 3.07. The first-order valence-electron chi connectivity index (χ1n) is 4.04. The van der Waals surface area contributed by atoms with Crippen LogP contribution in [0.25, 0.3) is 0 Å². The summed E-state index contributed by atoms with van der Waals surface area (Å²) >= 11 is 0. The van der Waals surface area contributed by atoms with E-state index in [1.54, 1.807) is 6.92 Å². The van der Waals surface area contributed by atoms with Crippen molar-refractivity contribution >= 4 is 0 Å². The zero-order chi connectivity index (χ0) is 9.56. The molecule has 0 saturated heterocycles. The van der Waals surface area contributed by atoms with Crippen molar-refractivity contribution in [1.29, 1.82) is 0 Å². The Morgan fingerprint density at radius 3 is 2.08 bits per heavy atom. The van der Waals surface area contributed by atoms with Crippen LogP contribution >= 0.6 is 0 Å². The first-order chi connectivity index (χ1) is 5.65. The van der Waals surface area contributed by atoms with Crippen LogP contribution in [0, 0.1) is 0 Å². The second-order valence-corrected chi connectivity index (χ2v) is 2.54. The SMILES string of the molecule is CCC(O)OC(C)C(OC)OC. The second kappa shape index (κ2) is 6.37. The van der Waals surface area contributed by atoms with Crippen LogP contribution in [0.1, 0.15) is 20.3 Å². The summed E-state index contributed by atoms with van der Waals surface area (Å²) in [5, 5.41) is 9.13. The van der Waals surface area contributed by atoms with Gasteiger partial charge in [0.1, 0.15) is 6.10 Å². The summed E-state index contributed by atoms with van der Waals surface area (Å²) in [4.78, 5) is 0. The van der Waals surface area contributed by atoms with Crippen molar-refractivity contribution in [3.8, 4) is 0 Å². The maximum Gasteiger partial charge on any atom is 0.182 e. The van der Waals surface area contributed by atoms with Crippen LogP contribution in [-0.2, 0) is 14.2 Å². The highest BCUT2D eigenvalue weighted by Gasteiger charge is 2.18. The molecule has 0 aliphatic rings. The van der Waals surface area contributed by atoms with Crippen molar-refractivity contribution in [2.45, 2.75) is 39.0 Å². The molecule has 2 atom stereocenters. The number of hydrogen-bond acceptors (Lipinski definition) is 4. The predicted molar refractivity (Wildman–Crippen MR) is 44.7 cm³/mol. The Morgan fingerprint density at radius 2 is 1.75 bits per heavy atom. The number of ether oxygens (including phenoxy) is 3. The van der Waals surface area contributed by atoms with Crippen LogP contribution in [0.5, 0.6) is 0 Å². The van der Waals surface area contributed by atoms with Crippen LogP contribution in [0.4, 0.5) is 0 Å². The first-order valence-corrected chi connectivity index (χ1v) is 4.04. The fraction of sp³-hybridized carbons (Fsp3) is 1.00. The summed E-state index contributed by atoms with van der Waals surface area (Å²) in [6.45, 7) is 3.63. The number of hydrogen-bond donors (Lipinski definition) is 1. The molecule has 74 valence electrons. The van der Waals surface area contributed by atoms with E-state index >= 15 is 0 Å². The quantitative estimate of drug-likeness (QED) is 0.609. The van der Waals surface area contributed by atoms with Gasteiger partial charge in [-0.25, -0.2) is 0 Å². The molecule has 0 aromatic rings. The molecule has 0 amide bonds. The molecule has 12 heavy (non-hydrogen) atoms. The average molecular weight is 178 g/mol. The smallest absolute Gasteiger partial charge is 0.182 e. The molecule has 0 bridgehead atoms. The molecule has 0 saturated carbocycles. The predicted octanol–water partition coefficient (Wildman–Crippen LogP) is 0.739. The van der Waals surface area contributed by atoms with E-state index in [-0.39, 0.29) is 6.10 Å². The van der Waals surface area contributed by atoms with Crippen LogP contribution in [-0.4, -0.2) is 38.0 Å². The Kier molecular flexibility index (Phi) is 6.28. The summed E-state index contributed by atoms with van der Waals surface area (Å²) in [6, 6.07) is 0. The van der Waals surface area contributed by atoms with Gasteiger partial charge in [-0.05, 0) is 13.3 Å². The lowest BCUT2D eigenvalue weighted by atomic mass is 10.4. The Labute approximate surface area is 73.4 Å². The molecule has 0 aliphatic heterocycles. The highest BCUT2D eigenvalue weighted by Crippen LogP contribution is 2.06. The van der Waals surface area contributed by atoms with Gasteiger partial charge in [0.15, 0.2) is 12.6 Å². The van der Waals surface area contributed by atoms with Gasteiger partial charge < -0.3 is 19.3 Å². The normalized spacial score (nSPS) is 16.5.